The summed E-state index contributed by atoms with van der Waals surface area (Å²) in [6.07, 6.45) is 1.16. The number of para-hydroxylation sites is 1. The lowest BCUT2D eigenvalue weighted by Gasteiger charge is -2.19. The van der Waals surface area contributed by atoms with Gasteiger partial charge >= 0.3 is 0 Å². The summed E-state index contributed by atoms with van der Waals surface area (Å²) in [6, 6.07) is 7.47. The maximum absolute atomic E-state index is 12.1. The van der Waals surface area contributed by atoms with Gasteiger partial charge in [0, 0.05) is 40.2 Å². The second-order valence-electron chi connectivity index (χ2n) is 4.75. The first-order valence-corrected chi connectivity index (χ1v) is 10.3. The van der Waals surface area contributed by atoms with E-state index in [0.29, 0.717) is 12.4 Å². The molecule has 1 aromatic rings. The van der Waals surface area contributed by atoms with Crippen molar-refractivity contribution in [3.8, 4) is 5.75 Å². The molecule has 21 heavy (non-hydrogen) atoms. The highest BCUT2D eigenvalue weighted by Gasteiger charge is 2.18. The van der Waals surface area contributed by atoms with Gasteiger partial charge in [0.2, 0.25) is 0 Å². The van der Waals surface area contributed by atoms with Crippen LogP contribution in [-0.4, -0.2) is 49.8 Å². The maximum atomic E-state index is 12.1. The fraction of sp³-hybridized carbons (Fsp3) is 0.571. The van der Waals surface area contributed by atoms with E-state index in [0.717, 1.165) is 17.6 Å². The molecule has 0 aliphatic heterocycles. The fourth-order valence-electron chi connectivity index (χ4n) is 1.90. The highest BCUT2D eigenvalue weighted by molar-refractivity contribution is 7.92. The van der Waals surface area contributed by atoms with Crippen molar-refractivity contribution in [1.29, 1.82) is 0 Å². The Balaban J connectivity index is 2.77. The number of nitrogens with one attached hydrogen (secondary N) is 1. The largest absolute Gasteiger partial charge is 0.494 e. The first-order chi connectivity index (χ1) is 9.87. The third-order valence-corrected chi connectivity index (χ3v) is 5.55. The van der Waals surface area contributed by atoms with Gasteiger partial charge < -0.3 is 10.1 Å². The lowest BCUT2D eigenvalue weighted by atomic mass is 10.1. The zero-order valence-corrected chi connectivity index (χ0v) is 14.3. The second kappa shape index (κ2) is 8.51. The molecular weight excluding hydrogens is 310 g/mol. The van der Waals surface area contributed by atoms with Crippen LogP contribution in [0.2, 0.25) is 0 Å². The van der Waals surface area contributed by atoms with Crippen LogP contribution in [0.25, 0.3) is 0 Å². The van der Waals surface area contributed by atoms with Crippen molar-refractivity contribution >= 4 is 20.6 Å². The van der Waals surface area contributed by atoms with Crippen molar-refractivity contribution in [3.05, 3.63) is 29.8 Å². The van der Waals surface area contributed by atoms with Crippen LogP contribution in [0.5, 0.6) is 5.75 Å². The Labute approximate surface area is 129 Å². The Hall–Kier alpha value is -0.920. The predicted molar refractivity (Wildman–Crippen MR) is 87.0 cm³/mol. The molecule has 120 valence electrons. The van der Waals surface area contributed by atoms with E-state index >= 15 is 0 Å². The molecule has 0 aliphatic carbocycles. The monoisotopic (exact) mass is 333 g/mol. The highest BCUT2D eigenvalue weighted by Crippen LogP contribution is 2.25. The van der Waals surface area contributed by atoms with E-state index in [9.17, 15) is 12.6 Å². The molecule has 0 amide bonds. The van der Waals surface area contributed by atoms with Gasteiger partial charge in [-0.3, -0.25) is 4.21 Å². The number of sulfone groups is 1. The summed E-state index contributed by atoms with van der Waals surface area (Å²) in [7, 11) is -2.49. The van der Waals surface area contributed by atoms with Crippen LogP contribution in [0.4, 0.5) is 0 Å². The summed E-state index contributed by atoms with van der Waals surface area (Å²) in [5.41, 5.74) is 0.939. The van der Waals surface area contributed by atoms with Gasteiger partial charge in [-0.15, -0.1) is 0 Å². The SMILES string of the molecule is CCOc1ccccc1C(CS(=O)CCS(C)(=O)=O)NC. The Morgan fingerprint density at radius 1 is 1.33 bits per heavy atom. The average Bonchev–Trinajstić information content (AvgIpc) is 2.43. The molecule has 0 fully saturated rings. The van der Waals surface area contributed by atoms with E-state index < -0.39 is 20.6 Å². The minimum absolute atomic E-state index is 0.0524. The van der Waals surface area contributed by atoms with Crippen molar-refractivity contribution in [1.82, 2.24) is 5.32 Å². The lowest BCUT2D eigenvalue weighted by molar-refractivity contribution is 0.333. The van der Waals surface area contributed by atoms with E-state index in [-0.39, 0.29) is 17.5 Å². The molecule has 1 aromatic carbocycles. The maximum Gasteiger partial charge on any atom is 0.148 e. The van der Waals surface area contributed by atoms with E-state index in [2.05, 4.69) is 5.32 Å². The molecule has 0 aromatic heterocycles. The van der Waals surface area contributed by atoms with Crippen LogP contribution in [0, 0.1) is 0 Å². The average molecular weight is 333 g/mol. The van der Waals surface area contributed by atoms with Crippen molar-refractivity contribution in [2.24, 2.45) is 0 Å². The van der Waals surface area contributed by atoms with Crippen LogP contribution in [0.1, 0.15) is 18.5 Å². The Kier molecular flexibility index (Phi) is 7.34. The van der Waals surface area contributed by atoms with E-state index in [1.807, 2.05) is 31.2 Å². The molecule has 0 bridgehead atoms. The van der Waals surface area contributed by atoms with Crippen LogP contribution >= 0.6 is 0 Å². The number of ether oxygens (including phenoxy) is 1. The number of rotatable bonds is 9. The molecule has 2 unspecified atom stereocenters. The highest BCUT2D eigenvalue weighted by atomic mass is 32.2. The van der Waals surface area contributed by atoms with Gasteiger partial charge in [0.05, 0.1) is 12.4 Å². The topological polar surface area (TPSA) is 72.5 Å². The molecule has 0 aliphatic rings. The molecule has 2 atom stereocenters. The van der Waals surface area contributed by atoms with Crippen molar-refractivity contribution in [2.75, 3.05) is 37.2 Å². The van der Waals surface area contributed by atoms with Gasteiger partial charge in [-0.25, -0.2) is 8.42 Å². The fourth-order valence-corrected chi connectivity index (χ4v) is 4.74. The molecule has 5 nitrogen and oxygen atoms in total. The zero-order valence-electron chi connectivity index (χ0n) is 12.7. The Morgan fingerprint density at radius 2 is 2.00 bits per heavy atom. The van der Waals surface area contributed by atoms with Crippen molar-refractivity contribution in [2.45, 2.75) is 13.0 Å². The minimum Gasteiger partial charge on any atom is -0.494 e. The van der Waals surface area contributed by atoms with Crippen LogP contribution in [-0.2, 0) is 20.6 Å². The number of benzene rings is 1. The predicted octanol–water partition coefficient (Wildman–Crippen LogP) is 1.14. The van der Waals surface area contributed by atoms with Crippen LogP contribution < -0.4 is 10.1 Å². The molecule has 1 N–H and O–H groups in total. The lowest BCUT2D eigenvalue weighted by Crippen LogP contribution is -2.25. The quantitative estimate of drug-likeness (QED) is 0.734. The minimum atomic E-state index is -3.08. The van der Waals surface area contributed by atoms with E-state index in [1.165, 1.54) is 0 Å². The van der Waals surface area contributed by atoms with Crippen molar-refractivity contribution in [3.63, 3.8) is 0 Å². The normalized spacial score (nSPS) is 14.6. The summed E-state index contributed by atoms with van der Waals surface area (Å²) in [4.78, 5) is 0. The summed E-state index contributed by atoms with van der Waals surface area (Å²) in [6.45, 7) is 2.47. The van der Waals surface area contributed by atoms with E-state index in [1.54, 1.807) is 7.05 Å². The molecular formula is C14H23NO4S2. The molecule has 0 saturated heterocycles. The summed E-state index contributed by atoms with van der Waals surface area (Å²) in [5, 5.41) is 3.12. The zero-order chi connectivity index (χ0) is 15.9. The summed E-state index contributed by atoms with van der Waals surface area (Å²) >= 11 is 0. The molecule has 0 heterocycles. The number of hydrogen-bond acceptors (Lipinski definition) is 5. The standard InChI is InChI=1S/C14H23NO4S2/c1-4-19-14-8-6-5-7-12(14)13(15-2)11-20(16)9-10-21(3,17)18/h5-8,13,15H,4,9-11H2,1-3H3. The smallest absolute Gasteiger partial charge is 0.148 e. The van der Waals surface area contributed by atoms with Crippen LogP contribution in [0.3, 0.4) is 0 Å². The Bertz CT molecular complexity index is 572. The molecule has 0 spiro atoms. The Morgan fingerprint density at radius 3 is 2.57 bits per heavy atom. The second-order valence-corrected chi connectivity index (χ2v) is 8.63. The first-order valence-electron chi connectivity index (χ1n) is 6.79. The third-order valence-electron chi connectivity index (χ3n) is 2.98. The summed E-state index contributed by atoms with van der Waals surface area (Å²) in [5.74, 6) is 1.23. The molecule has 0 saturated carbocycles. The molecule has 0 radical (unpaired) electrons. The summed E-state index contributed by atoms with van der Waals surface area (Å²) < 4.78 is 39.9. The van der Waals surface area contributed by atoms with Gasteiger partial charge in [-0.1, -0.05) is 18.2 Å². The molecule has 7 heteroatoms. The number of hydrogen-bond donors (Lipinski definition) is 1. The van der Waals surface area contributed by atoms with Gasteiger partial charge in [-0.05, 0) is 20.0 Å². The first kappa shape index (κ1) is 18.1. The van der Waals surface area contributed by atoms with Gasteiger partial charge in [0.1, 0.15) is 15.6 Å². The third kappa shape index (κ3) is 6.58. The van der Waals surface area contributed by atoms with Gasteiger partial charge in [0.25, 0.3) is 0 Å². The van der Waals surface area contributed by atoms with Gasteiger partial charge in [-0.2, -0.15) is 0 Å². The van der Waals surface area contributed by atoms with Crippen LogP contribution in [0.15, 0.2) is 24.3 Å². The van der Waals surface area contributed by atoms with E-state index in [4.69, 9.17) is 4.74 Å². The molecule has 1 rings (SSSR count). The van der Waals surface area contributed by atoms with Gasteiger partial charge in [0.15, 0.2) is 0 Å². The van der Waals surface area contributed by atoms with Crippen molar-refractivity contribution < 1.29 is 17.4 Å².